The van der Waals surface area contributed by atoms with Crippen molar-refractivity contribution in [2.24, 2.45) is 11.8 Å². The molecule has 0 heterocycles. The van der Waals surface area contributed by atoms with Crippen LogP contribution in [0.1, 0.15) is 46.0 Å². The molecule has 1 N–H and O–H groups in total. The van der Waals surface area contributed by atoms with E-state index in [9.17, 15) is 8.42 Å². The lowest BCUT2D eigenvalue weighted by atomic mass is 9.81. The van der Waals surface area contributed by atoms with Crippen LogP contribution < -0.4 is 5.32 Å². The van der Waals surface area contributed by atoms with Gasteiger partial charge in [-0.1, -0.05) is 39.5 Å². The molecule has 0 aromatic rings. The van der Waals surface area contributed by atoms with Gasteiger partial charge in [0, 0.05) is 12.3 Å². The second kappa shape index (κ2) is 7.37. The van der Waals surface area contributed by atoms with Gasteiger partial charge in [-0.25, -0.2) is 8.42 Å². The van der Waals surface area contributed by atoms with Gasteiger partial charge in [0.15, 0.2) is 9.84 Å². The number of nitrogens with one attached hydrogen (secondary N) is 1. The predicted octanol–water partition coefficient (Wildman–Crippen LogP) is 2.23. The molecule has 0 amide bonds. The van der Waals surface area contributed by atoms with Gasteiger partial charge in [-0.2, -0.15) is 0 Å². The van der Waals surface area contributed by atoms with E-state index in [2.05, 4.69) is 12.2 Å². The summed E-state index contributed by atoms with van der Waals surface area (Å²) in [5, 5.41) is 3.26. The molecule has 1 saturated carbocycles. The molecule has 0 bridgehead atoms. The Hall–Kier alpha value is -0.0900. The first-order chi connectivity index (χ1) is 8.03. The van der Waals surface area contributed by atoms with E-state index in [1.165, 1.54) is 32.1 Å². The van der Waals surface area contributed by atoms with Gasteiger partial charge in [0.25, 0.3) is 0 Å². The molecule has 0 atom stereocenters. The first-order valence-corrected chi connectivity index (χ1v) is 8.76. The van der Waals surface area contributed by atoms with E-state index in [0.29, 0.717) is 6.54 Å². The van der Waals surface area contributed by atoms with Crippen LogP contribution in [0.25, 0.3) is 0 Å². The normalized spacial score (nSPS) is 26.0. The second-order valence-corrected chi connectivity index (χ2v) is 7.87. The van der Waals surface area contributed by atoms with Gasteiger partial charge >= 0.3 is 0 Å². The van der Waals surface area contributed by atoms with Gasteiger partial charge in [-0.05, 0) is 24.8 Å². The molecule has 1 aliphatic rings. The van der Waals surface area contributed by atoms with E-state index in [1.807, 2.05) is 0 Å². The molecule has 0 radical (unpaired) electrons. The summed E-state index contributed by atoms with van der Waals surface area (Å²) >= 11 is 0. The highest BCUT2D eigenvalue weighted by Crippen LogP contribution is 2.29. The largest absolute Gasteiger partial charge is 0.316 e. The van der Waals surface area contributed by atoms with E-state index < -0.39 is 9.84 Å². The zero-order chi connectivity index (χ0) is 12.7. The Morgan fingerprint density at radius 1 is 1.12 bits per heavy atom. The fraction of sp³-hybridized carbons (Fsp3) is 1.00. The third kappa shape index (κ3) is 6.41. The Morgan fingerprint density at radius 3 is 2.35 bits per heavy atom. The zero-order valence-electron chi connectivity index (χ0n) is 11.2. The number of hydrogen-bond donors (Lipinski definition) is 1. The molecule has 0 spiro atoms. The summed E-state index contributed by atoms with van der Waals surface area (Å²) in [6.07, 6.45) is 6.66. The van der Waals surface area contributed by atoms with Gasteiger partial charge in [-0.15, -0.1) is 0 Å². The molecule has 0 aromatic carbocycles. The van der Waals surface area contributed by atoms with Crippen LogP contribution in [0.2, 0.25) is 0 Å². The molecule has 1 fully saturated rings. The second-order valence-electron chi connectivity index (χ2n) is 5.40. The summed E-state index contributed by atoms with van der Waals surface area (Å²) in [6.45, 7) is 5.63. The zero-order valence-corrected chi connectivity index (χ0v) is 12.1. The van der Waals surface area contributed by atoms with E-state index >= 15 is 0 Å². The quantitative estimate of drug-likeness (QED) is 0.715. The van der Waals surface area contributed by atoms with E-state index in [1.54, 1.807) is 6.92 Å². The number of sulfone groups is 1. The predicted molar refractivity (Wildman–Crippen MR) is 72.9 cm³/mol. The van der Waals surface area contributed by atoms with Crippen LogP contribution in [0.4, 0.5) is 0 Å². The molecule has 102 valence electrons. The van der Waals surface area contributed by atoms with Crippen molar-refractivity contribution >= 4 is 9.84 Å². The average molecular weight is 261 g/mol. The van der Waals surface area contributed by atoms with Crippen molar-refractivity contribution in [2.75, 3.05) is 24.6 Å². The lowest BCUT2D eigenvalue weighted by molar-refractivity contribution is 0.276. The fourth-order valence-electron chi connectivity index (χ4n) is 2.42. The third-order valence-electron chi connectivity index (χ3n) is 3.89. The molecule has 1 rings (SSSR count). The van der Waals surface area contributed by atoms with Crippen molar-refractivity contribution in [3.05, 3.63) is 0 Å². The lowest BCUT2D eigenvalue weighted by Gasteiger charge is -2.26. The first-order valence-electron chi connectivity index (χ1n) is 6.94. The molecular weight excluding hydrogens is 234 g/mol. The van der Waals surface area contributed by atoms with Crippen molar-refractivity contribution in [3.63, 3.8) is 0 Å². The maximum Gasteiger partial charge on any atom is 0.151 e. The average Bonchev–Trinajstić information content (AvgIpc) is 2.31. The topological polar surface area (TPSA) is 46.2 Å². The van der Waals surface area contributed by atoms with Crippen molar-refractivity contribution < 1.29 is 8.42 Å². The molecule has 0 aliphatic heterocycles. The summed E-state index contributed by atoms with van der Waals surface area (Å²) in [7, 11) is -2.79. The van der Waals surface area contributed by atoms with Crippen molar-refractivity contribution in [1.82, 2.24) is 5.32 Å². The maximum absolute atomic E-state index is 11.3. The fourth-order valence-corrected chi connectivity index (χ4v) is 3.17. The number of rotatable bonds is 7. The van der Waals surface area contributed by atoms with Crippen molar-refractivity contribution in [3.8, 4) is 0 Å². The van der Waals surface area contributed by atoms with Crippen molar-refractivity contribution in [2.45, 2.75) is 46.0 Å². The number of hydrogen-bond acceptors (Lipinski definition) is 3. The third-order valence-corrected chi connectivity index (χ3v) is 5.60. The van der Waals surface area contributed by atoms with E-state index in [4.69, 9.17) is 0 Å². The Morgan fingerprint density at radius 2 is 1.76 bits per heavy atom. The summed E-state index contributed by atoms with van der Waals surface area (Å²) in [4.78, 5) is 0. The summed E-state index contributed by atoms with van der Waals surface area (Å²) < 4.78 is 22.5. The van der Waals surface area contributed by atoms with Crippen LogP contribution in [-0.4, -0.2) is 33.0 Å². The Balaban J connectivity index is 2.01. The standard InChI is InChI=1S/C13H27NO2S/c1-3-17(15,16)11-10-14-9-8-13-6-4-12(2)5-7-13/h12-14H,3-11H2,1-2H3. The van der Waals surface area contributed by atoms with Crippen LogP contribution in [0.5, 0.6) is 0 Å². The molecule has 17 heavy (non-hydrogen) atoms. The van der Waals surface area contributed by atoms with Crippen LogP contribution in [0.15, 0.2) is 0 Å². The van der Waals surface area contributed by atoms with Gasteiger partial charge in [-0.3, -0.25) is 0 Å². The Labute approximate surface area is 106 Å². The Bertz CT molecular complexity index is 293. The van der Waals surface area contributed by atoms with Crippen molar-refractivity contribution in [1.29, 1.82) is 0 Å². The lowest BCUT2D eigenvalue weighted by Crippen LogP contribution is -2.26. The van der Waals surface area contributed by atoms with Gasteiger partial charge in [0.1, 0.15) is 0 Å². The van der Waals surface area contributed by atoms with Crippen LogP contribution in [-0.2, 0) is 9.84 Å². The van der Waals surface area contributed by atoms with E-state index in [-0.39, 0.29) is 11.5 Å². The Kier molecular flexibility index (Phi) is 6.49. The summed E-state index contributed by atoms with van der Waals surface area (Å²) in [5.41, 5.74) is 0. The molecular formula is C13H27NO2S. The summed E-state index contributed by atoms with van der Waals surface area (Å²) in [6, 6.07) is 0. The first kappa shape index (κ1) is 15.0. The summed E-state index contributed by atoms with van der Waals surface area (Å²) in [5.74, 6) is 2.32. The minimum Gasteiger partial charge on any atom is -0.316 e. The van der Waals surface area contributed by atoms with Gasteiger partial charge < -0.3 is 5.32 Å². The van der Waals surface area contributed by atoms with E-state index in [0.717, 1.165) is 18.4 Å². The SMILES string of the molecule is CCS(=O)(=O)CCNCCC1CCC(C)CC1. The highest BCUT2D eigenvalue weighted by Gasteiger charge is 2.17. The van der Waals surface area contributed by atoms with Gasteiger partial charge in [0.2, 0.25) is 0 Å². The maximum atomic E-state index is 11.3. The molecule has 3 nitrogen and oxygen atoms in total. The van der Waals surface area contributed by atoms with Crippen LogP contribution in [0.3, 0.4) is 0 Å². The highest BCUT2D eigenvalue weighted by molar-refractivity contribution is 7.91. The smallest absolute Gasteiger partial charge is 0.151 e. The minimum atomic E-state index is -2.79. The molecule has 0 saturated heterocycles. The van der Waals surface area contributed by atoms with Crippen LogP contribution in [0, 0.1) is 11.8 Å². The van der Waals surface area contributed by atoms with Crippen LogP contribution >= 0.6 is 0 Å². The minimum absolute atomic E-state index is 0.259. The highest BCUT2D eigenvalue weighted by atomic mass is 32.2. The molecule has 0 aromatic heterocycles. The molecule has 1 aliphatic carbocycles. The molecule has 4 heteroatoms. The molecule has 0 unspecified atom stereocenters. The van der Waals surface area contributed by atoms with Gasteiger partial charge in [0.05, 0.1) is 5.75 Å². The monoisotopic (exact) mass is 261 g/mol.